The van der Waals surface area contributed by atoms with E-state index >= 15 is 0 Å². The molecule has 2 fully saturated rings. The van der Waals surface area contributed by atoms with Gasteiger partial charge in [-0.15, -0.1) is 0 Å². The van der Waals surface area contributed by atoms with Gasteiger partial charge in [0, 0.05) is 17.2 Å². The third kappa shape index (κ3) is 3.74. The van der Waals surface area contributed by atoms with E-state index in [2.05, 4.69) is 10.5 Å². The number of hydrogen-bond acceptors (Lipinski definition) is 6. The molecule has 8 nitrogen and oxygen atoms in total. The number of imide groups is 1. The molecule has 0 spiro atoms. The summed E-state index contributed by atoms with van der Waals surface area (Å²) in [6.07, 6.45) is 1.61. The number of carbonyl (C=O) groups is 3. The highest BCUT2D eigenvalue weighted by molar-refractivity contribution is 6.32. The van der Waals surface area contributed by atoms with Gasteiger partial charge in [-0.2, -0.15) is 5.10 Å². The molecule has 2 saturated heterocycles. The van der Waals surface area contributed by atoms with Crippen molar-refractivity contribution in [2.45, 2.75) is 37.4 Å². The van der Waals surface area contributed by atoms with Gasteiger partial charge in [0.25, 0.3) is 0 Å². The molecule has 2 atom stereocenters. The summed E-state index contributed by atoms with van der Waals surface area (Å²) in [4.78, 5) is 42.8. The highest BCUT2D eigenvalue weighted by Crippen LogP contribution is 2.63. The minimum atomic E-state index is -1.08. The van der Waals surface area contributed by atoms with Crippen LogP contribution in [0.15, 0.2) is 71.8 Å². The molecule has 2 unspecified atom stereocenters. The van der Waals surface area contributed by atoms with Crippen LogP contribution in [-0.2, 0) is 29.3 Å². The van der Waals surface area contributed by atoms with Crippen molar-refractivity contribution < 1.29 is 23.9 Å². The van der Waals surface area contributed by atoms with E-state index in [0.29, 0.717) is 23.9 Å². The number of halogens is 1. The van der Waals surface area contributed by atoms with Crippen molar-refractivity contribution in [3.8, 4) is 0 Å². The molecule has 2 bridgehead atoms. The number of amides is 3. The highest BCUT2D eigenvalue weighted by atomic mass is 35.5. The number of nitrogens with zero attached hydrogens (tertiary/aromatic N) is 2. The largest absolute Gasteiger partial charge is 0.347 e. The number of aryl methyl sites for hydroxylation is 1. The van der Waals surface area contributed by atoms with Crippen LogP contribution < -0.4 is 10.3 Å². The fraction of sp³-hybridized carbons (Fsp3) is 0.312. The van der Waals surface area contributed by atoms with Gasteiger partial charge in [0.1, 0.15) is 0 Å². The molecular formula is C32H28ClN3O5. The first-order chi connectivity index (χ1) is 19.7. The van der Waals surface area contributed by atoms with Crippen molar-refractivity contribution in [1.82, 2.24) is 5.43 Å². The molecule has 1 N–H and O–H groups in total. The van der Waals surface area contributed by atoms with Crippen LogP contribution in [0.3, 0.4) is 0 Å². The van der Waals surface area contributed by atoms with Gasteiger partial charge in [0.05, 0.1) is 42.6 Å². The van der Waals surface area contributed by atoms with Crippen LogP contribution in [0.25, 0.3) is 0 Å². The number of ether oxygens (including phenoxy) is 2. The highest BCUT2D eigenvalue weighted by Gasteiger charge is 2.68. The van der Waals surface area contributed by atoms with Crippen molar-refractivity contribution in [1.29, 1.82) is 0 Å². The zero-order valence-electron chi connectivity index (χ0n) is 22.6. The van der Waals surface area contributed by atoms with Crippen LogP contribution in [0.5, 0.6) is 0 Å². The van der Waals surface area contributed by atoms with Gasteiger partial charge in [-0.05, 0) is 53.8 Å². The third-order valence-electron chi connectivity index (χ3n) is 8.93. The van der Waals surface area contributed by atoms with Crippen LogP contribution in [0, 0.1) is 18.8 Å². The van der Waals surface area contributed by atoms with Crippen molar-refractivity contribution in [2.75, 3.05) is 18.1 Å². The molecule has 0 radical (unpaired) electrons. The number of anilines is 1. The van der Waals surface area contributed by atoms with E-state index in [-0.39, 0.29) is 30.1 Å². The molecule has 0 saturated carbocycles. The Labute approximate surface area is 242 Å². The van der Waals surface area contributed by atoms with Crippen LogP contribution in [0.4, 0.5) is 5.69 Å². The Hall–Kier alpha value is -3.85. The van der Waals surface area contributed by atoms with Crippen LogP contribution in [0.2, 0.25) is 5.02 Å². The Bertz CT molecular complexity index is 1600. The summed E-state index contributed by atoms with van der Waals surface area (Å²) in [5, 5.41) is 4.92. The first-order valence-corrected chi connectivity index (χ1v) is 14.1. The molecule has 2 aliphatic heterocycles. The first kappa shape index (κ1) is 26.1. The summed E-state index contributed by atoms with van der Waals surface area (Å²) in [5.74, 6) is -3.66. The topological polar surface area (TPSA) is 97.3 Å². The molecule has 3 amide bonds. The van der Waals surface area contributed by atoms with Crippen molar-refractivity contribution in [2.24, 2.45) is 16.9 Å². The predicted molar refractivity (Wildman–Crippen MR) is 153 cm³/mol. The van der Waals surface area contributed by atoms with E-state index in [9.17, 15) is 14.4 Å². The molecule has 3 aromatic rings. The number of benzene rings is 3. The smallest absolute Gasteiger partial charge is 0.245 e. The zero-order chi connectivity index (χ0) is 28.5. The van der Waals surface area contributed by atoms with Crippen LogP contribution in [0.1, 0.15) is 47.1 Å². The van der Waals surface area contributed by atoms with E-state index in [1.165, 1.54) is 4.90 Å². The maximum atomic E-state index is 14.4. The zero-order valence-corrected chi connectivity index (χ0v) is 23.4. The normalized spacial score (nSPS) is 27.2. The summed E-state index contributed by atoms with van der Waals surface area (Å²) in [5.41, 5.74) is 6.62. The number of rotatable bonds is 5. The molecular weight excluding hydrogens is 542 g/mol. The standard InChI is InChI=1S/C32H28ClN3O5/c1-18-11-12-19(15-24(18)33)36-29(38)27-26-20-7-3-5-9-22(20)32(28(27)30(36)39,23-10-6-4-8-21(23)26)17-34-35-25(37)16-31(2)40-13-14-41-31/h3-12,15,17,26-28H,13-14,16H2,1-2H3,(H,35,37)/b34-17+. The summed E-state index contributed by atoms with van der Waals surface area (Å²) < 4.78 is 11.1. The van der Waals surface area contributed by atoms with E-state index in [1.54, 1.807) is 25.3 Å². The lowest BCUT2D eigenvalue weighted by Gasteiger charge is -2.52. The number of hydrogen-bond donors (Lipinski definition) is 1. The Kier molecular flexibility index (Phi) is 5.94. The molecule has 208 valence electrons. The fourth-order valence-corrected chi connectivity index (χ4v) is 7.40. The minimum Gasteiger partial charge on any atom is -0.347 e. The lowest BCUT2D eigenvalue weighted by atomic mass is 9.47. The van der Waals surface area contributed by atoms with Gasteiger partial charge in [-0.3, -0.25) is 14.4 Å². The Balaban J connectivity index is 1.36. The first-order valence-electron chi connectivity index (χ1n) is 13.7. The maximum Gasteiger partial charge on any atom is 0.245 e. The van der Waals surface area contributed by atoms with E-state index in [0.717, 1.165) is 27.8 Å². The molecule has 3 aliphatic carbocycles. The lowest BCUT2D eigenvalue weighted by molar-refractivity contribution is -0.159. The van der Waals surface area contributed by atoms with Crippen molar-refractivity contribution >= 4 is 41.2 Å². The Morgan fingerprint density at radius 3 is 2.29 bits per heavy atom. The summed E-state index contributed by atoms with van der Waals surface area (Å²) >= 11 is 6.42. The summed E-state index contributed by atoms with van der Waals surface area (Å²) in [7, 11) is 0. The lowest BCUT2D eigenvalue weighted by Crippen LogP contribution is -2.54. The second-order valence-corrected chi connectivity index (χ2v) is 11.7. The number of hydrazone groups is 1. The second kappa shape index (κ2) is 9.34. The molecule has 5 aliphatic rings. The molecule has 41 heavy (non-hydrogen) atoms. The van der Waals surface area contributed by atoms with Gasteiger partial charge in [-0.1, -0.05) is 66.2 Å². The van der Waals surface area contributed by atoms with Crippen molar-refractivity contribution in [3.63, 3.8) is 0 Å². The van der Waals surface area contributed by atoms with Crippen LogP contribution in [-0.4, -0.2) is 42.9 Å². The molecule has 2 heterocycles. The monoisotopic (exact) mass is 569 g/mol. The average Bonchev–Trinajstić information content (AvgIpc) is 3.51. The van der Waals surface area contributed by atoms with Gasteiger partial charge < -0.3 is 9.47 Å². The number of carbonyl (C=O) groups excluding carboxylic acids is 3. The van der Waals surface area contributed by atoms with E-state index in [1.807, 2.05) is 61.5 Å². The number of nitrogens with one attached hydrogen (secondary N) is 1. The van der Waals surface area contributed by atoms with E-state index < -0.39 is 23.0 Å². The maximum absolute atomic E-state index is 14.4. The van der Waals surface area contributed by atoms with Gasteiger partial charge in [-0.25, -0.2) is 10.3 Å². The molecule has 8 rings (SSSR count). The quantitative estimate of drug-likeness (QED) is 0.278. The van der Waals surface area contributed by atoms with Crippen LogP contribution >= 0.6 is 11.6 Å². The predicted octanol–water partition coefficient (Wildman–Crippen LogP) is 4.45. The van der Waals surface area contributed by atoms with E-state index in [4.69, 9.17) is 21.1 Å². The minimum absolute atomic E-state index is 0.0297. The van der Waals surface area contributed by atoms with Crippen molar-refractivity contribution in [3.05, 3.63) is 99.6 Å². The molecule has 9 heteroatoms. The summed E-state index contributed by atoms with van der Waals surface area (Å²) in [6.45, 7) is 4.44. The Morgan fingerprint density at radius 1 is 1.02 bits per heavy atom. The SMILES string of the molecule is Cc1ccc(N2C(=O)C3C4c5ccccc5C(/C=N/NC(=O)CC5(C)OCCO5)(c5ccccc54)C3C2=O)cc1Cl. The third-order valence-corrected chi connectivity index (χ3v) is 9.34. The average molecular weight is 570 g/mol. The fourth-order valence-electron chi connectivity index (χ4n) is 7.22. The second-order valence-electron chi connectivity index (χ2n) is 11.3. The van der Waals surface area contributed by atoms with Gasteiger partial charge in [0.15, 0.2) is 5.79 Å². The Morgan fingerprint density at radius 2 is 1.66 bits per heavy atom. The summed E-state index contributed by atoms with van der Waals surface area (Å²) in [6, 6.07) is 21.0. The van der Waals surface area contributed by atoms with Gasteiger partial charge >= 0.3 is 0 Å². The molecule has 3 aromatic carbocycles. The molecule has 0 aromatic heterocycles. The van der Waals surface area contributed by atoms with Gasteiger partial charge in [0.2, 0.25) is 17.7 Å².